The molecular formula is C13H19NOS. The number of amides is 1. The summed E-state index contributed by atoms with van der Waals surface area (Å²) in [5.41, 5.74) is 1.40. The second-order valence-corrected chi connectivity index (χ2v) is 5.29. The highest BCUT2D eigenvalue weighted by molar-refractivity contribution is 7.14. The van der Waals surface area contributed by atoms with Crippen molar-refractivity contribution in [1.82, 2.24) is 0 Å². The van der Waals surface area contributed by atoms with Crippen LogP contribution in [0.2, 0.25) is 0 Å². The predicted molar refractivity (Wildman–Crippen MR) is 69.1 cm³/mol. The lowest BCUT2D eigenvalue weighted by Crippen LogP contribution is -2.22. The average molecular weight is 237 g/mol. The summed E-state index contributed by atoms with van der Waals surface area (Å²) >= 11 is 1.71. The van der Waals surface area contributed by atoms with E-state index in [1.807, 2.05) is 4.90 Å². The van der Waals surface area contributed by atoms with Gasteiger partial charge in [-0.15, -0.1) is 11.3 Å². The third-order valence-electron chi connectivity index (χ3n) is 3.05. The predicted octanol–water partition coefficient (Wildman–Crippen LogP) is 3.61. The highest BCUT2D eigenvalue weighted by atomic mass is 32.1. The Hall–Kier alpha value is -0.830. The quantitative estimate of drug-likeness (QED) is 0.716. The Bertz CT molecular complexity index is 359. The number of hydrogen-bond acceptors (Lipinski definition) is 2. The molecule has 0 aliphatic carbocycles. The number of hydrogen-bond donors (Lipinski definition) is 0. The zero-order valence-electron chi connectivity index (χ0n) is 9.87. The lowest BCUT2D eigenvalue weighted by Gasteiger charge is -2.11. The van der Waals surface area contributed by atoms with E-state index in [-0.39, 0.29) is 0 Å². The maximum Gasteiger partial charge on any atom is 0.227 e. The normalized spacial score (nSPS) is 16.1. The first-order valence-electron chi connectivity index (χ1n) is 6.19. The van der Waals surface area contributed by atoms with Gasteiger partial charge in [0.15, 0.2) is 0 Å². The monoisotopic (exact) mass is 237 g/mol. The van der Waals surface area contributed by atoms with E-state index in [0.717, 1.165) is 30.8 Å². The van der Waals surface area contributed by atoms with Gasteiger partial charge in [-0.3, -0.25) is 4.79 Å². The summed E-state index contributed by atoms with van der Waals surface area (Å²) in [5, 5.41) is 3.35. The van der Waals surface area contributed by atoms with Gasteiger partial charge >= 0.3 is 0 Å². The molecule has 1 saturated heterocycles. The van der Waals surface area contributed by atoms with Crippen molar-refractivity contribution in [1.29, 1.82) is 0 Å². The lowest BCUT2D eigenvalue weighted by molar-refractivity contribution is -0.117. The topological polar surface area (TPSA) is 20.3 Å². The van der Waals surface area contributed by atoms with Gasteiger partial charge in [0.05, 0.1) is 5.00 Å². The van der Waals surface area contributed by atoms with Gasteiger partial charge in [0.25, 0.3) is 0 Å². The number of thiophene rings is 1. The standard InChI is InChI=1S/C13H19NOS/c1-2-3-4-6-11-9-13(16-10-11)14-8-5-7-12(14)15/h9-10H,2-8H2,1H3. The van der Waals surface area contributed by atoms with E-state index in [0.29, 0.717) is 5.91 Å². The molecule has 16 heavy (non-hydrogen) atoms. The van der Waals surface area contributed by atoms with Crippen LogP contribution in [0.5, 0.6) is 0 Å². The maximum absolute atomic E-state index is 11.6. The molecular weight excluding hydrogens is 218 g/mol. The van der Waals surface area contributed by atoms with Crippen LogP contribution in [0, 0.1) is 0 Å². The zero-order chi connectivity index (χ0) is 11.4. The van der Waals surface area contributed by atoms with Crippen molar-refractivity contribution in [3.8, 4) is 0 Å². The van der Waals surface area contributed by atoms with Crippen LogP contribution in [0.25, 0.3) is 0 Å². The van der Waals surface area contributed by atoms with E-state index in [1.165, 1.54) is 24.8 Å². The zero-order valence-corrected chi connectivity index (χ0v) is 10.7. The van der Waals surface area contributed by atoms with Crippen molar-refractivity contribution >= 4 is 22.2 Å². The SMILES string of the molecule is CCCCCc1csc(N2CCCC2=O)c1. The van der Waals surface area contributed by atoms with E-state index in [1.54, 1.807) is 11.3 Å². The second-order valence-electron chi connectivity index (χ2n) is 4.40. The molecule has 1 aliphatic heterocycles. The summed E-state index contributed by atoms with van der Waals surface area (Å²) in [7, 11) is 0. The van der Waals surface area contributed by atoms with E-state index >= 15 is 0 Å². The minimum absolute atomic E-state index is 0.293. The summed E-state index contributed by atoms with van der Waals surface area (Å²) in [6.45, 7) is 3.13. The molecule has 1 aromatic rings. The van der Waals surface area contributed by atoms with Crippen molar-refractivity contribution in [3.63, 3.8) is 0 Å². The molecule has 2 heterocycles. The summed E-state index contributed by atoms with van der Waals surface area (Å²) < 4.78 is 0. The van der Waals surface area contributed by atoms with E-state index in [2.05, 4.69) is 18.4 Å². The van der Waals surface area contributed by atoms with Crippen molar-refractivity contribution < 1.29 is 4.79 Å². The Balaban J connectivity index is 1.93. The summed E-state index contributed by atoms with van der Waals surface area (Å²) in [6, 6.07) is 2.20. The van der Waals surface area contributed by atoms with Crippen LogP contribution in [-0.4, -0.2) is 12.5 Å². The molecule has 1 amide bonds. The third kappa shape index (κ3) is 2.64. The minimum Gasteiger partial charge on any atom is -0.304 e. The highest BCUT2D eigenvalue weighted by Gasteiger charge is 2.22. The fourth-order valence-electron chi connectivity index (χ4n) is 2.10. The Kier molecular flexibility index (Phi) is 3.99. The van der Waals surface area contributed by atoms with Crippen molar-refractivity contribution in [2.75, 3.05) is 11.4 Å². The smallest absolute Gasteiger partial charge is 0.227 e. The maximum atomic E-state index is 11.6. The summed E-state index contributed by atoms with van der Waals surface area (Å²) in [6.07, 6.45) is 6.73. The second kappa shape index (κ2) is 5.48. The fraction of sp³-hybridized carbons (Fsp3) is 0.615. The highest BCUT2D eigenvalue weighted by Crippen LogP contribution is 2.29. The van der Waals surface area contributed by atoms with Gasteiger partial charge in [0.1, 0.15) is 0 Å². The molecule has 0 N–H and O–H groups in total. The number of unbranched alkanes of at least 4 members (excludes halogenated alkanes) is 2. The van der Waals surface area contributed by atoms with E-state index in [4.69, 9.17) is 0 Å². The van der Waals surface area contributed by atoms with Crippen LogP contribution in [0.1, 0.15) is 44.6 Å². The lowest BCUT2D eigenvalue weighted by atomic mass is 10.1. The molecule has 1 aliphatic rings. The van der Waals surface area contributed by atoms with Gasteiger partial charge in [0.2, 0.25) is 5.91 Å². The van der Waals surface area contributed by atoms with E-state index in [9.17, 15) is 4.79 Å². The molecule has 1 fully saturated rings. The van der Waals surface area contributed by atoms with Gasteiger partial charge in [-0.1, -0.05) is 19.8 Å². The summed E-state index contributed by atoms with van der Waals surface area (Å²) in [4.78, 5) is 13.5. The fourth-order valence-corrected chi connectivity index (χ4v) is 3.09. The van der Waals surface area contributed by atoms with Gasteiger partial charge in [-0.2, -0.15) is 0 Å². The third-order valence-corrected chi connectivity index (χ3v) is 4.05. The first-order valence-corrected chi connectivity index (χ1v) is 7.07. The average Bonchev–Trinajstić information content (AvgIpc) is 2.87. The molecule has 1 aromatic heterocycles. The number of rotatable bonds is 5. The van der Waals surface area contributed by atoms with Crippen molar-refractivity contribution in [2.24, 2.45) is 0 Å². The van der Waals surface area contributed by atoms with Crippen LogP contribution in [0.3, 0.4) is 0 Å². The molecule has 0 saturated carbocycles. The molecule has 2 nitrogen and oxygen atoms in total. The van der Waals surface area contributed by atoms with Crippen LogP contribution < -0.4 is 4.90 Å². The van der Waals surface area contributed by atoms with Crippen molar-refractivity contribution in [3.05, 3.63) is 17.0 Å². The molecule has 0 aromatic carbocycles. The summed E-state index contributed by atoms with van der Waals surface area (Å²) in [5.74, 6) is 0.293. The van der Waals surface area contributed by atoms with Crippen LogP contribution in [0.15, 0.2) is 11.4 Å². The molecule has 0 spiro atoms. The molecule has 0 bridgehead atoms. The minimum atomic E-state index is 0.293. The number of nitrogens with zero attached hydrogens (tertiary/aromatic N) is 1. The Morgan fingerprint density at radius 3 is 3.00 bits per heavy atom. The van der Waals surface area contributed by atoms with Gasteiger partial charge in [-0.25, -0.2) is 0 Å². The van der Waals surface area contributed by atoms with Gasteiger partial charge in [0, 0.05) is 13.0 Å². The van der Waals surface area contributed by atoms with Crippen molar-refractivity contribution in [2.45, 2.75) is 45.4 Å². The first kappa shape index (κ1) is 11.6. The Morgan fingerprint density at radius 1 is 1.44 bits per heavy atom. The first-order chi connectivity index (χ1) is 7.81. The van der Waals surface area contributed by atoms with Crippen LogP contribution in [0.4, 0.5) is 5.00 Å². The number of anilines is 1. The number of aryl methyl sites for hydroxylation is 1. The number of carbonyl (C=O) groups excluding carboxylic acids is 1. The molecule has 0 atom stereocenters. The molecule has 2 rings (SSSR count). The van der Waals surface area contributed by atoms with E-state index < -0.39 is 0 Å². The molecule has 0 unspecified atom stereocenters. The van der Waals surface area contributed by atoms with Gasteiger partial charge < -0.3 is 4.90 Å². The van der Waals surface area contributed by atoms with Crippen LogP contribution in [-0.2, 0) is 11.2 Å². The molecule has 88 valence electrons. The molecule has 0 radical (unpaired) electrons. The van der Waals surface area contributed by atoms with Crippen LogP contribution >= 0.6 is 11.3 Å². The number of carbonyl (C=O) groups is 1. The largest absolute Gasteiger partial charge is 0.304 e. The Labute approximate surface area is 101 Å². The Morgan fingerprint density at radius 2 is 2.31 bits per heavy atom. The van der Waals surface area contributed by atoms with Gasteiger partial charge in [-0.05, 0) is 36.3 Å². The molecule has 3 heteroatoms.